The van der Waals surface area contributed by atoms with Crippen molar-refractivity contribution in [2.45, 2.75) is 11.0 Å². The Labute approximate surface area is 83.2 Å². The summed E-state index contributed by atoms with van der Waals surface area (Å²) in [6.45, 7) is 1.11. The zero-order valence-corrected chi connectivity index (χ0v) is 8.57. The molecule has 4 nitrogen and oxygen atoms in total. The second-order valence-corrected chi connectivity index (χ2v) is 5.26. The fourth-order valence-electron chi connectivity index (χ4n) is 0.743. The van der Waals surface area contributed by atoms with Crippen LogP contribution < -0.4 is 0 Å². The molecule has 1 heterocycles. The number of aldehydes is 1. The van der Waals surface area contributed by atoms with E-state index in [9.17, 15) is 14.4 Å². The molecular formula is C7H8O4S2. The van der Waals surface area contributed by atoms with Crippen LogP contribution in [-0.2, 0) is 19.1 Å². The standard InChI is InChI=1S/C7H8O4S2/c1-5(9)7(12-13-7)6(10)4-11-3-2-8/h2H,3-4H2,1H3. The maximum absolute atomic E-state index is 11.3. The van der Waals surface area contributed by atoms with Gasteiger partial charge in [-0.05, 0) is 6.92 Å². The van der Waals surface area contributed by atoms with Crippen molar-refractivity contribution < 1.29 is 19.1 Å². The number of rotatable bonds is 6. The third-order valence-corrected chi connectivity index (χ3v) is 4.53. The van der Waals surface area contributed by atoms with E-state index in [0.29, 0.717) is 6.29 Å². The molecule has 0 spiro atoms. The predicted molar refractivity (Wildman–Crippen MR) is 50.5 cm³/mol. The van der Waals surface area contributed by atoms with Gasteiger partial charge in [-0.3, -0.25) is 9.59 Å². The molecule has 0 N–H and O–H groups in total. The van der Waals surface area contributed by atoms with Crippen LogP contribution in [0, 0.1) is 0 Å². The van der Waals surface area contributed by atoms with Crippen LogP contribution in [0.5, 0.6) is 0 Å². The van der Waals surface area contributed by atoms with E-state index in [-0.39, 0.29) is 24.8 Å². The molecule has 0 bridgehead atoms. The Morgan fingerprint density at radius 3 is 2.46 bits per heavy atom. The second-order valence-electron chi connectivity index (χ2n) is 2.44. The van der Waals surface area contributed by atoms with Crippen molar-refractivity contribution in [2.75, 3.05) is 13.2 Å². The lowest BCUT2D eigenvalue weighted by Crippen LogP contribution is -2.31. The van der Waals surface area contributed by atoms with Crippen LogP contribution in [0.2, 0.25) is 0 Å². The zero-order chi connectivity index (χ0) is 9.90. The van der Waals surface area contributed by atoms with Crippen molar-refractivity contribution in [3.8, 4) is 0 Å². The lowest BCUT2D eigenvalue weighted by atomic mass is 10.2. The van der Waals surface area contributed by atoms with Crippen LogP contribution in [-0.4, -0.2) is 35.1 Å². The lowest BCUT2D eigenvalue weighted by Gasteiger charge is -2.05. The molecule has 72 valence electrons. The number of ether oxygens (including phenoxy) is 1. The third-order valence-electron chi connectivity index (χ3n) is 1.50. The molecule has 0 atom stereocenters. The summed E-state index contributed by atoms with van der Waals surface area (Å²) in [6, 6.07) is 0. The molecule has 0 aliphatic carbocycles. The average Bonchev–Trinajstić information content (AvgIpc) is 2.84. The molecule has 0 saturated carbocycles. The van der Waals surface area contributed by atoms with Gasteiger partial charge in [0.15, 0.2) is 15.6 Å². The van der Waals surface area contributed by atoms with Gasteiger partial charge in [-0.2, -0.15) is 0 Å². The summed E-state index contributed by atoms with van der Waals surface area (Å²) in [5.41, 5.74) is 0. The fourth-order valence-corrected chi connectivity index (χ4v) is 2.88. The molecule has 0 amide bonds. The summed E-state index contributed by atoms with van der Waals surface area (Å²) in [5.74, 6) is -0.431. The summed E-state index contributed by atoms with van der Waals surface area (Å²) >= 11 is 0. The van der Waals surface area contributed by atoms with E-state index < -0.39 is 4.08 Å². The number of hydrogen-bond acceptors (Lipinski definition) is 6. The van der Waals surface area contributed by atoms with Crippen molar-refractivity contribution >= 4 is 39.4 Å². The average molecular weight is 220 g/mol. The number of carbonyl (C=O) groups excluding carboxylic acids is 3. The van der Waals surface area contributed by atoms with Gasteiger partial charge in [-0.15, -0.1) is 0 Å². The van der Waals surface area contributed by atoms with Crippen LogP contribution in [0.15, 0.2) is 0 Å². The number of ketones is 2. The van der Waals surface area contributed by atoms with Crippen LogP contribution in [0.25, 0.3) is 0 Å². The van der Waals surface area contributed by atoms with Gasteiger partial charge in [0.1, 0.15) is 19.5 Å². The normalized spacial score (nSPS) is 17.9. The molecule has 1 fully saturated rings. The van der Waals surface area contributed by atoms with Gasteiger partial charge in [0.05, 0.1) is 0 Å². The predicted octanol–water partition coefficient (Wildman–Crippen LogP) is 0.451. The van der Waals surface area contributed by atoms with E-state index in [1.165, 1.54) is 28.5 Å². The van der Waals surface area contributed by atoms with Crippen molar-refractivity contribution in [1.82, 2.24) is 0 Å². The molecular weight excluding hydrogens is 212 g/mol. The van der Waals surface area contributed by atoms with Crippen LogP contribution >= 0.6 is 21.6 Å². The maximum atomic E-state index is 11.3. The summed E-state index contributed by atoms with van der Waals surface area (Å²) in [4.78, 5) is 32.2. The summed E-state index contributed by atoms with van der Waals surface area (Å²) in [5, 5.41) is 0. The minimum Gasteiger partial charge on any atom is -0.366 e. The molecule has 13 heavy (non-hydrogen) atoms. The molecule has 0 aromatic carbocycles. The first-order chi connectivity index (χ1) is 6.13. The summed E-state index contributed by atoms with van der Waals surface area (Å²) in [6.07, 6.45) is 0.570. The van der Waals surface area contributed by atoms with Gasteiger partial charge in [0, 0.05) is 0 Å². The molecule has 6 heteroatoms. The topological polar surface area (TPSA) is 60.4 Å². The molecule has 1 saturated heterocycles. The summed E-state index contributed by atoms with van der Waals surface area (Å²) < 4.78 is 3.80. The van der Waals surface area contributed by atoms with Gasteiger partial charge < -0.3 is 9.53 Å². The van der Waals surface area contributed by atoms with Crippen molar-refractivity contribution in [2.24, 2.45) is 0 Å². The van der Waals surface area contributed by atoms with Gasteiger partial charge in [0.2, 0.25) is 0 Å². The van der Waals surface area contributed by atoms with E-state index in [1.807, 2.05) is 0 Å². The minimum absolute atomic E-state index is 0.102. The molecule has 0 radical (unpaired) electrons. The lowest BCUT2D eigenvalue weighted by molar-refractivity contribution is -0.129. The Bertz CT molecular complexity index is 247. The zero-order valence-electron chi connectivity index (χ0n) is 6.94. The highest BCUT2D eigenvalue weighted by molar-refractivity contribution is 8.94. The van der Waals surface area contributed by atoms with Gasteiger partial charge in [-0.1, -0.05) is 21.6 Å². The van der Waals surface area contributed by atoms with E-state index in [0.717, 1.165) is 0 Å². The number of Topliss-reactive ketones (excluding diaryl/α,β-unsaturated/α-hetero) is 2. The Morgan fingerprint density at radius 2 is 2.08 bits per heavy atom. The van der Waals surface area contributed by atoms with Crippen LogP contribution in [0.3, 0.4) is 0 Å². The first-order valence-electron chi connectivity index (χ1n) is 3.56. The van der Waals surface area contributed by atoms with E-state index in [1.54, 1.807) is 0 Å². The fraction of sp³-hybridized carbons (Fsp3) is 0.571. The molecule has 0 aromatic heterocycles. The first kappa shape index (κ1) is 10.7. The molecule has 1 aliphatic heterocycles. The van der Waals surface area contributed by atoms with E-state index in [2.05, 4.69) is 0 Å². The molecule has 1 aliphatic rings. The van der Waals surface area contributed by atoms with E-state index >= 15 is 0 Å². The SMILES string of the molecule is CC(=O)C1(C(=O)COCC=O)SS1. The Morgan fingerprint density at radius 1 is 1.46 bits per heavy atom. The van der Waals surface area contributed by atoms with Gasteiger partial charge in [0.25, 0.3) is 0 Å². The first-order valence-corrected chi connectivity index (χ1v) is 5.71. The highest BCUT2D eigenvalue weighted by Gasteiger charge is 2.57. The van der Waals surface area contributed by atoms with Crippen molar-refractivity contribution in [3.63, 3.8) is 0 Å². The van der Waals surface area contributed by atoms with Gasteiger partial charge >= 0.3 is 0 Å². The second kappa shape index (κ2) is 4.26. The smallest absolute Gasteiger partial charge is 0.200 e. The maximum Gasteiger partial charge on any atom is 0.200 e. The Hall–Kier alpha value is -0.330. The number of hydrogen-bond donors (Lipinski definition) is 0. The number of carbonyl (C=O) groups is 3. The highest BCUT2D eigenvalue weighted by Crippen LogP contribution is 2.65. The Balaban J connectivity index is 2.39. The molecule has 0 aromatic rings. The van der Waals surface area contributed by atoms with Crippen LogP contribution in [0.4, 0.5) is 0 Å². The van der Waals surface area contributed by atoms with Gasteiger partial charge in [-0.25, -0.2) is 0 Å². The largest absolute Gasteiger partial charge is 0.366 e. The van der Waals surface area contributed by atoms with E-state index in [4.69, 9.17) is 4.74 Å². The van der Waals surface area contributed by atoms with Crippen molar-refractivity contribution in [3.05, 3.63) is 0 Å². The highest BCUT2D eigenvalue weighted by atomic mass is 33.2. The van der Waals surface area contributed by atoms with Crippen LogP contribution in [0.1, 0.15) is 6.92 Å². The molecule has 1 rings (SSSR count). The quantitative estimate of drug-likeness (QED) is 0.213. The molecule has 0 unspecified atom stereocenters. The third kappa shape index (κ3) is 2.32. The monoisotopic (exact) mass is 220 g/mol. The summed E-state index contributed by atoms with van der Waals surface area (Å²) in [7, 11) is 2.48. The Kier molecular flexibility index (Phi) is 3.52. The van der Waals surface area contributed by atoms with Crippen molar-refractivity contribution in [1.29, 1.82) is 0 Å². The minimum atomic E-state index is -0.928.